The van der Waals surface area contributed by atoms with Crippen LogP contribution in [-0.4, -0.2) is 37.5 Å². The first kappa shape index (κ1) is 14.0. The molecule has 2 unspecified atom stereocenters. The smallest absolute Gasteiger partial charge is 0.332 e. The third kappa shape index (κ3) is 3.10. The van der Waals surface area contributed by atoms with Crippen molar-refractivity contribution in [2.75, 3.05) is 5.75 Å². The summed E-state index contributed by atoms with van der Waals surface area (Å²) >= 11 is 0. The lowest BCUT2D eigenvalue weighted by molar-refractivity contribution is -0.148. The fourth-order valence-corrected chi connectivity index (χ4v) is 3.61. The molecule has 104 valence electrons. The molecule has 19 heavy (non-hydrogen) atoms. The summed E-state index contributed by atoms with van der Waals surface area (Å²) in [5.41, 5.74) is 0. The van der Waals surface area contributed by atoms with Gasteiger partial charge in [0.05, 0.1) is 11.9 Å². The molecular weight excluding hydrogens is 275 g/mol. The van der Waals surface area contributed by atoms with Crippen LogP contribution in [-0.2, 0) is 19.4 Å². The summed E-state index contributed by atoms with van der Waals surface area (Å²) in [5, 5.41) is 8.76. The summed E-state index contributed by atoms with van der Waals surface area (Å²) in [5.74, 6) is -2.32. The highest BCUT2D eigenvalue weighted by Crippen LogP contribution is 2.24. The predicted molar refractivity (Wildman–Crippen MR) is 64.0 cm³/mol. The van der Waals surface area contributed by atoms with Crippen LogP contribution in [0.1, 0.15) is 12.8 Å². The van der Waals surface area contributed by atoms with Gasteiger partial charge >= 0.3 is 5.97 Å². The molecule has 1 aromatic carbocycles. The molecule has 0 saturated carbocycles. The number of ether oxygens (including phenoxy) is 1. The van der Waals surface area contributed by atoms with Gasteiger partial charge in [-0.25, -0.2) is 17.6 Å². The Kier molecular flexibility index (Phi) is 3.86. The van der Waals surface area contributed by atoms with E-state index < -0.39 is 39.6 Å². The van der Waals surface area contributed by atoms with E-state index in [4.69, 9.17) is 9.84 Å². The Morgan fingerprint density at radius 3 is 2.63 bits per heavy atom. The Balaban J connectivity index is 2.11. The van der Waals surface area contributed by atoms with E-state index in [0.717, 1.165) is 6.07 Å². The van der Waals surface area contributed by atoms with E-state index in [1.807, 2.05) is 0 Å². The lowest BCUT2D eigenvalue weighted by Crippen LogP contribution is -2.25. The van der Waals surface area contributed by atoms with E-state index >= 15 is 0 Å². The lowest BCUT2D eigenvalue weighted by atomic mass is 10.2. The molecule has 2 atom stereocenters. The molecule has 0 spiro atoms. The molecular formula is C12H13FO5S. The van der Waals surface area contributed by atoms with Crippen LogP contribution in [0.25, 0.3) is 0 Å². The van der Waals surface area contributed by atoms with Crippen LogP contribution in [0.2, 0.25) is 0 Å². The first-order valence-electron chi connectivity index (χ1n) is 5.76. The Morgan fingerprint density at radius 1 is 1.37 bits per heavy atom. The average Bonchev–Trinajstić information content (AvgIpc) is 2.77. The Morgan fingerprint density at radius 2 is 2.05 bits per heavy atom. The molecule has 2 rings (SSSR count). The van der Waals surface area contributed by atoms with Gasteiger partial charge in [-0.1, -0.05) is 12.1 Å². The first-order chi connectivity index (χ1) is 8.90. The van der Waals surface area contributed by atoms with Crippen LogP contribution in [0, 0.1) is 5.82 Å². The normalized spacial score (nSPS) is 23.4. The second kappa shape index (κ2) is 5.26. The maximum Gasteiger partial charge on any atom is 0.332 e. The molecule has 0 aliphatic carbocycles. The van der Waals surface area contributed by atoms with Crippen LogP contribution >= 0.6 is 0 Å². The molecule has 1 heterocycles. The maximum absolute atomic E-state index is 13.5. The Labute approximate surface area is 109 Å². The number of hydrogen-bond acceptors (Lipinski definition) is 4. The van der Waals surface area contributed by atoms with Crippen molar-refractivity contribution in [3.63, 3.8) is 0 Å². The molecule has 1 aliphatic rings. The molecule has 0 bridgehead atoms. The fourth-order valence-electron chi connectivity index (χ4n) is 2.04. The van der Waals surface area contributed by atoms with Crippen molar-refractivity contribution in [1.82, 2.24) is 0 Å². The molecule has 1 aromatic rings. The van der Waals surface area contributed by atoms with Crippen LogP contribution in [0.4, 0.5) is 4.39 Å². The SMILES string of the molecule is O=C(O)C1CCC(CS(=O)(=O)c2ccccc2F)O1. The monoisotopic (exact) mass is 288 g/mol. The van der Waals surface area contributed by atoms with Crippen LogP contribution in [0.15, 0.2) is 29.2 Å². The van der Waals surface area contributed by atoms with Gasteiger partial charge in [0.2, 0.25) is 0 Å². The second-order valence-electron chi connectivity index (χ2n) is 4.37. The Hall–Kier alpha value is -1.47. The number of sulfone groups is 1. The van der Waals surface area contributed by atoms with Gasteiger partial charge in [0.1, 0.15) is 10.7 Å². The second-order valence-corrected chi connectivity index (χ2v) is 6.38. The average molecular weight is 288 g/mol. The number of carbonyl (C=O) groups is 1. The summed E-state index contributed by atoms with van der Waals surface area (Å²) in [6.07, 6.45) is -1.07. The largest absolute Gasteiger partial charge is 0.479 e. The number of hydrogen-bond donors (Lipinski definition) is 1. The van der Waals surface area contributed by atoms with Crippen LogP contribution in [0.3, 0.4) is 0 Å². The van der Waals surface area contributed by atoms with Gasteiger partial charge in [0, 0.05) is 0 Å². The maximum atomic E-state index is 13.5. The first-order valence-corrected chi connectivity index (χ1v) is 7.41. The molecule has 7 heteroatoms. The highest BCUT2D eigenvalue weighted by atomic mass is 32.2. The number of carboxylic acid groups (broad SMARTS) is 1. The van der Waals surface area contributed by atoms with Crippen molar-refractivity contribution < 1.29 is 27.4 Å². The topological polar surface area (TPSA) is 80.7 Å². The van der Waals surface area contributed by atoms with Gasteiger partial charge in [0.15, 0.2) is 15.9 Å². The molecule has 5 nitrogen and oxygen atoms in total. The van der Waals surface area contributed by atoms with Gasteiger partial charge < -0.3 is 9.84 Å². The predicted octanol–water partition coefficient (Wildman–Crippen LogP) is 1.23. The van der Waals surface area contributed by atoms with E-state index in [2.05, 4.69) is 0 Å². The number of carboxylic acids is 1. The zero-order valence-electron chi connectivity index (χ0n) is 9.95. The summed E-state index contributed by atoms with van der Waals surface area (Å²) in [6.45, 7) is 0. The van der Waals surface area contributed by atoms with E-state index in [1.54, 1.807) is 0 Å². The molecule has 1 fully saturated rings. The standard InChI is InChI=1S/C12H13FO5S/c13-9-3-1-2-4-11(9)19(16,17)7-8-5-6-10(18-8)12(14)15/h1-4,8,10H,5-7H2,(H,14,15). The molecule has 0 aromatic heterocycles. The van der Waals surface area contributed by atoms with Crippen molar-refractivity contribution in [1.29, 1.82) is 0 Å². The number of halogens is 1. The fraction of sp³-hybridized carbons (Fsp3) is 0.417. The van der Waals surface area contributed by atoms with Crippen molar-refractivity contribution in [3.05, 3.63) is 30.1 Å². The van der Waals surface area contributed by atoms with Crippen molar-refractivity contribution in [3.8, 4) is 0 Å². The van der Waals surface area contributed by atoms with Crippen molar-refractivity contribution in [2.45, 2.75) is 29.9 Å². The van der Waals surface area contributed by atoms with Gasteiger partial charge in [-0.15, -0.1) is 0 Å². The van der Waals surface area contributed by atoms with Crippen LogP contribution < -0.4 is 0 Å². The summed E-state index contributed by atoms with van der Waals surface area (Å²) in [7, 11) is -3.82. The van der Waals surface area contributed by atoms with E-state index in [0.29, 0.717) is 6.42 Å². The summed E-state index contributed by atoms with van der Waals surface area (Å²) < 4.78 is 42.6. The molecule has 0 radical (unpaired) electrons. The zero-order chi connectivity index (χ0) is 14.0. The van der Waals surface area contributed by atoms with Crippen molar-refractivity contribution >= 4 is 15.8 Å². The molecule has 0 amide bonds. The molecule has 1 N–H and O–H groups in total. The van der Waals surface area contributed by atoms with Gasteiger partial charge in [-0.2, -0.15) is 0 Å². The third-order valence-corrected chi connectivity index (χ3v) is 4.77. The van der Waals surface area contributed by atoms with Crippen molar-refractivity contribution in [2.24, 2.45) is 0 Å². The van der Waals surface area contributed by atoms with E-state index in [9.17, 15) is 17.6 Å². The highest BCUT2D eigenvalue weighted by Gasteiger charge is 2.34. The summed E-state index contributed by atoms with van der Waals surface area (Å²) in [6, 6.07) is 5.10. The van der Waals surface area contributed by atoms with Crippen LogP contribution in [0.5, 0.6) is 0 Å². The highest BCUT2D eigenvalue weighted by molar-refractivity contribution is 7.91. The minimum absolute atomic E-state index is 0.271. The van der Waals surface area contributed by atoms with E-state index in [1.165, 1.54) is 18.2 Å². The molecule has 1 aliphatic heterocycles. The van der Waals surface area contributed by atoms with E-state index in [-0.39, 0.29) is 11.3 Å². The third-order valence-electron chi connectivity index (χ3n) is 2.96. The minimum atomic E-state index is -3.82. The molecule has 1 saturated heterocycles. The summed E-state index contributed by atoms with van der Waals surface area (Å²) in [4.78, 5) is 10.3. The van der Waals surface area contributed by atoms with Gasteiger partial charge in [-0.05, 0) is 25.0 Å². The Bertz CT molecular complexity index is 584. The lowest BCUT2D eigenvalue weighted by Gasteiger charge is -2.12. The number of benzene rings is 1. The van der Waals surface area contributed by atoms with Gasteiger partial charge in [-0.3, -0.25) is 0 Å². The zero-order valence-corrected chi connectivity index (χ0v) is 10.8. The quantitative estimate of drug-likeness (QED) is 0.901. The van der Waals surface area contributed by atoms with Gasteiger partial charge in [0.25, 0.3) is 0 Å². The number of rotatable bonds is 4. The number of aliphatic carboxylic acids is 1. The minimum Gasteiger partial charge on any atom is -0.479 e.